The molecule has 0 spiro atoms. The largest absolute Gasteiger partial charge is 0.392 e. The Morgan fingerprint density at radius 2 is 2.00 bits per heavy atom. The van der Waals surface area contributed by atoms with E-state index in [4.69, 9.17) is 0 Å². The molecule has 0 heterocycles. The van der Waals surface area contributed by atoms with Crippen LogP contribution in [0.25, 0.3) is 0 Å². The van der Waals surface area contributed by atoms with Crippen LogP contribution in [0.5, 0.6) is 0 Å². The van der Waals surface area contributed by atoms with E-state index >= 15 is 0 Å². The van der Waals surface area contributed by atoms with Crippen LogP contribution in [-0.2, 0) is 4.79 Å². The van der Waals surface area contributed by atoms with Crippen molar-refractivity contribution in [2.24, 2.45) is 11.8 Å². The second-order valence-electron chi connectivity index (χ2n) is 4.14. The van der Waals surface area contributed by atoms with Gasteiger partial charge >= 0.3 is 0 Å². The number of carbonyl (C=O) groups excluding carboxylic acids is 1. The predicted molar refractivity (Wildman–Crippen MR) is 45.7 cm³/mol. The lowest BCUT2D eigenvalue weighted by Gasteiger charge is -2.16. The quantitative estimate of drug-likeness (QED) is 0.595. The van der Waals surface area contributed by atoms with E-state index in [1.165, 1.54) is 6.42 Å². The molecule has 2 aliphatic carbocycles. The molecule has 68 valence electrons. The van der Waals surface area contributed by atoms with Crippen LogP contribution in [0.3, 0.4) is 0 Å². The van der Waals surface area contributed by atoms with Gasteiger partial charge < -0.3 is 5.11 Å². The second kappa shape index (κ2) is 3.17. The molecule has 0 unspecified atom stereocenters. The Morgan fingerprint density at radius 3 is 2.83 bits per heavy atom. The van der Waals surface area contributed by atoms with Crippen LogP contribution in [0.1, 0.15) is 38.5 Å². The average Bonchev–Trinajstić information content (AvgIpc) is 2.29. The Bertz CT molecular complexity index is 188. The first-order valence-electron chi connectivity index (χ1n) is 5.00. The van der Waals surface area contributed by atoms with Crippen molar-refractivity contribution in [2.75, 3.05) is 0 Å². The van der Waals surface area contributed by atoms with Crippen LogP contribution >= 0.6 is 0 Å². The first-order valence-corrected chi connectivity index (χ1v) is 5.00. The summed E-state index contributed by atoms with van der Waals surface area (Å²) in [5.41, 5.74) is 0. The van der Waals surface area contributed by atoms with Gasteiger partial charge in [0.15, 0.2) is 0 Å². The summed E-state index contributed by atoms with van der Waals surface area (Å²) in [6, 6.07) is 0. The van der Waals surface area contributed by atoms with Gasteiger partial charge in [-0.2, -0.15) is 0 Å². The lowest BCUT2D eigenvalue weighted by molar-refractivity contribution is -0.126. The fourth-order valence-corrected chi connectivity index (χ4v) is 2.73. The summed E-state index contributed by atoms with van der Waals surface area (Å²) in [4.78, 5) is 11.5. The van der Waals surface area contributed by atoms with Crippen LogP contribution in [0.4, 0.5) is 0 Å². The van der Waals surface area contributed by atoms with Crippen molar-refractivity contribution in [3.05, 3.63) is 0 Å². The maximum atomic E-state index is 11.5. The molecule has 3 atom stereocenters. The first kappa shape index (κ1) is 8.24. The zero-order valence-corrected chi connectivity index (χ0v) is 7.33. The van der Waals surface area contributed by atoms with Crippen LogP contribution in [-0.4, -0.2) is 17.0 Å². The summed E-state index contributed by atoms with van der Waals surface area (Å²) in [5.74, 6) is 0.838. The van der Waals surface area contributed by atoms with Gasteiger partial charge in [0.25, 0.3) is 0 Å². The van der Waals surface area contributed by atoms with Gasteiger partial charge in [0.1, 0.15) is 5.78 Å². The minimum Gasteiger partial charge on any atom is -0.392 e. The van der Waals surface area contributed by atoms with E-state index in [-0.39, 0.29) is 12.0 Å². The molecule has 0 amide bonds. The van der Waals surface area contributed by atoms with Gasteiger partial charge in [0.2, 0.25) is 0 Å². The minimum absolute atomic E-state index is 0.00694. The number of aliphatic hydroxyl groups excluding tert-OH is 1. The zero-order chi connectivity index (χ0) is 8.55. The smallest absolute Gasteiger partial charge is 0.138 e. The highest BCUT2D eigenvalue weighted by Gasteiger charge is 2.40. The number of ketones is 1. The molecule has 12 heavy (non-hydrogen) atoms. The number of hydrogen-bond acceptors (Lipinski definition) is 2. The minimum atomic E-state index is -0.319. The summed E-state index contributed by atoms with van der Waals surface area (Å²) >= 11 is 0. The third kappa shape index (κ3) is 1.28. The molecule has 0 aromatic heterocycles. The molecule has 0 radical (unpaired) electrons. The predicted octanol–water partition coefficient (Wildman–Crippen LogP) is 1.52. The van der Waals surface area contributed by atoms with Crippen LogP contribution in [0, 0.1) is 11.8 Å². The average molecular weight is 168 g/mol. The molecule has 2 fully saturated rings. The molecule has 0 aliphatic heterocycles. The molecule has 2 rings (SSSR count). The summed E-state index contributed by atoms with van der Waals surface area (Å²) < 4.78 is 0. The number of rotatable bonds is 0. The van der Waals surface area contributed by atoms with Crippen molar-refractivity contribution in [3.63, 3.8) is 0 Å². The summed E-state index contributed by atoms with van der Waals surface area (Å²) in [6.45, 7) is 0. The van der Waals surface area contributed by atoms with E-state index in [0.29, 0.717) is 18.1 Å². The Hall–Kier alpha value is -0.370. The highest BCUT2D eigenvalue weighted by Crippen LogP contribution is 2.39. The highest BCUT2D eigenvalue weighted by molar-refractivity contribution is 5.82. The van der Waals surface area contributed by atoms with Crippen molar-refractivity contribution in [1.82, 2.24) is 0 Å². The molecule has 2 heteroatoms. The zero-order valence-electron chi connectivity index (χ0n) is 7.33. The molecule has 0 aromatic carbocycles. The molecular formula is C10H16O2. The van der Waals surface area contributed by atoms with Crippen molar-refractivity contribution in [3.8, 4) is 0 Å². The number of Topliss-reactive ketones (excluding diaryl/α,β-unsaturated/α-hetero) is 1. The van der Waals surface area contributed by atoms with Crippen molar-refractivity contribution in [1.29, 1.82) is 0 Å². The van der Waals surface area contributed by atoms with Gasteiger partial charge in [-0.05, 0) is 31.6 Å². The van der Waals surface area contributed by atoms with Crippen LogP contribution in [0.15, 0.2) is 0 Å². The maximum absolute atomic E-state index is 11.5. The van der Waals surface area contributed by atoms with E-state index in [1.807, 2.05) is 0 Å². The molecule has 2 nitrogen and oxygen atoms in total. The van der Waals surface area contributed by atoms with E-state index in [2.05, 4.69) is 0 Å². The van der Waals surface area contributed by atoms with Gasteiger partial charge in [-0.25, -0.2) is 0 Å². The van der Waals surface area contributed by atoms with Crippen LogP contribution in [0.2, 0.25) is 0 Å². The van der Waals surface area contributed by atoms with E-state index in [1.54, 1.807) is 0 Å². The molecule has 2 aliphatic rings. The Morgan fingerprint density at radius 1 is 1.17 bits per heavy atom. The van der Waals surface area contributed by atoms with Gasteiger partial charge in [0, 0.05) is 12.3 Å². The maximum Gasteiger partial charge on any atom is 0.138 e. The lowest BCUT2D eigenvalue weighted by Crippen LogP contribution is -2.26. The number of fused-ring (bicyclic) bond motifs is 1. The lowest BCUT2D eigenvalue weighted by atomic mass is 9.89. The van der Waals surface area contributed by atoms with Gasteiger partial charge in [0.05, 0.1) is 6.10 Å². The van der Waals surface area contributed by atoms with Gasteiger partial charge in [-0.1, -0.05) is 6.42 Å². The standard InChI is InChI=1S/C10H16O2/c11-8-4-2-1-3-7-5-6-9(12)10(7)8/h7,9-10,12H,1-6H2/t7-,9-,10-/m0/s1. The summed E-state index contributed by atoms with van der Waals surface area (Å²) in [7, 11) is 0. The molecule has 2 saturated carbocycles. The van der Waals surface area contributed by atoms with Gasteiger partial charge in [-0.3, -0.25) is 4.79 Å². The van der Waals surface area contributed by atoms with E-state index in [0.717, 1.165) is 25.7 Å². The highest BCUT2D eigenvalue weighted by atomic mass is 16.3. The molecule has 0 bridgehead atoms. The van der Waals surface area contributed by atoms with E-state index < -0.39 is 0 Å². The summed E-state index contributed by atoms with van der Waals surface area (Å²) in [5, 5.41) is 9.60. The van der Waals surface area contributed by atoms with Crippen molar-refractivity contribution >= 4 is 5.78 Å². The summed E-state index contributed by atoms with van der Waals surface area (Å²) in [6.07, 6.45) is 5.68. The number of hydrogen-bond donors (Lipinski definition) is 1. The third-order valence-electron chi connectivity index (χ3n) is 3.38. The van der Waals surface area contributed by atoms with Crippen molar-refractivity contribution in [2.45, 2.75) is 44.6 Å². The fourth-order valence-electron chi connectivity index (χ4n) is 2.73. The second-order valence-corrected chi connectivity index (χ2v) is 4.14. The van der Waals surface area contributed by atoms with Gasteiger partial charge in [-0.15, -0.1) is 0 Å². The Balaban J connectivity index is 2.14. The first-order chi connectivity index (χ1) is 5.79. The monoisotopic (exact) mass is 168 g/mol. The van der Waals surface area contributed by atoms with Crippen molar-refractivity contribution < 1.29 is 9.90 Å². The topological polar surface area (TPSA) is 37.3 Å². The SMILES string of the molecule is O=C1CCCC[C@H]2CC[C@H](O)[C@H]12. The Labute approximate surface area is 73.0 Å². The van der Waals surface area contributed by atoms with E-state index in [9.17, 15) is 9.90 Å². The number of carbonyl (C=O) groups is 1. The third-order valence-corrected chi connectivity index (χ3v) is 3.38. The number of aliphatic hydroxyl groups is 1. The molecule has 0 saturated heterocycles. The Kier molecular flexibility index (Phi) is 2.18. The van der Waals surface area contributed by atoms with Crippen LogP contribution < -0.4 is 0 Å². The molecule has 0 aromatic rings. The molecule has 1 N–H and O–H groups in total. The normalized spacial score (nSPS) is 42.4. The fraction of sp³-hybridized carbons (Fsp3) is 0.900. The molecular weight excluding hydrogens is 152 g/mol.